The van der Waals surface area contributed by atoms with Crippen LogP contribution in [0.5, 0.6) is 0 Å². The standard InChI is InChI=1S/C11H18N2O2/c1-15-10-4-6-12-11(14)5-9-13-7-2-3-8-13/h2-3,7-8H,4-6,9-10H2,1H3,(H,12,14). The molecule has 0 fully saturated rings. The van der Waals surface area contributed by atoms with Crippen LogP contribution in [0.2, 0.25) is 0 Å². The average Bonchev–Trinajstić information content (AvgIpc) is 2.74. The van der Waals surface area contributed by atoms with Crippen molar-refractivity contribution in [2.45, 2.75) is 19.4 Å². The number of carbonyl (C=O) groups excluding carboxylic acids is 1. The van der Waals surface area contributed by atoms with Gasteiger partial charge in [0.2, 0.25) is 5.91 Å². The van der Waals surface area contributed by atoms with Gasteiger partial charge in [-0.25, -0.2) is 0 Å². The van der Waals surface area contributed by atoms with E-state index in [9.17, 15) is 4.79 Å². The van der Waals surface area contributed by atoms with Crippen LogP contribution in [0.15, 0.2) is 24.5 Å². The molecule has 4 heteroatoms. The summed E-state index contributed by atoms with van der Waals surface area (Å²) in [6.07, 6.45) is 5.31. The van der Waals surface area contributed by atoms with E-state index in [1.54, 1.807) is 7.11 Å². The van der Waals surface area contributed by atoms with Crippen LogP contribution in [0, 0.1) is 0 Å². The largest absolute Gasteiger partial charge is 0.385 e. The highest BCUT2D eigenvalue weighted by Gasteiger charge is 1.99. The fourth-order valence-electron chi connectivity index (χ4n) is 1.28. The molecule has 0 atom stereocenters. The molecule has 15 heavy (non-hydrogen) atoms. The maximum absolute atomic E-state index is 11.3. The lowest BCUT2D eigenvalue weighted by molar-refractivity contribution is -0.121. The van der Waals surface area contributed by atoms with Gasteiger partial charge in [0.25, 0.3) is 0 Å². The summed E-state index contributed by atoms with van der Waals surface area (Å²) in [5.74, 6) is 0.0970. The minimum absolute atomic E-state index is 0.0970. The minimum atomic E-state index is 0.0970. The van der Waals surface area contributed by atoms with E-state index >= 15 is 0 Å². The molecule has 1 amide bonds. The van der Waals surface area contributed by atoms with Crippen molar-refractivity contribution in [1.82, 2.24) is 9.88 Å². The molecule has 1 N–H and O–H groups in total. The van der Waals surface area contributed by atoms with Crippen molar-refractivity contribution < 1.29 is 9.53 Å². The molecule has 0 aromatic carbocycles. The number of carbonyl (C=O) groups is 1. The zero-order chi connectivity index (χ0) is 10.9. The lowest BCUT2D eigenvalue weighted by Crippen LogP contribution is -2.25. The van der Waals surface area contributed by atoms with E-state index in [1.165, 1.54) is 0 Å². The second kappa shape index (κ2) is 7.06. The molecular weight excluding hydrogens is 192 g/mol. The molecule has 1 rings (SSSR count). The van der Waals surface area contributed by atoms with Gasteiger partial charge in [0.15, 0.2) is 0 Å². The highest BCUT2D eigenvalue weighted by atomic mass is 16.5. The first-order valence-corrected chi connectivity index (χ1v) is 5.19. The molecule has 0 aliphatic carbocycles. The maximum atomic E-state index is 11.3. The van der Waals surface area contributed by atoms with E-state index in [-0.39, 0.29) is 5.91 Å². The highest BCUT2D eigenvalue weighted by molar-refractivity contribution is 5.75. The Morgan fingerprint density at radius 2 is 2.13 bits per heavy atom. The number of ether oxygens (including phenoxy) is 1. The van der Waals surface area contributed by atoms with Crippen LogP contribution in [0.1, 0.15) is 12.8 Å². The van der Waals surface area contributed by atoms with Gasteiger partial charge in [-0.1, -0.05) is 0 Å². The van der Waals surface area contributed by atoms with Crippen molar-refractivity contribution in [3.63, 3.8) is 0 Å². The molecule has 84 valence electrons. The molecule has 0 saturated heterocycles. The third-order valence-electron chi connectivity index (χ3n) is 2.11. The van der Waals surface area contributed by atoms with Crippen LogP contribution < -0.4 is 5.32 Å². The topological polar surface area (TPSA) is 43.3 Å². The number of aromatic nitrogens is 1. The summed E-state index contributed by atoms with van der Waals surface area (Å²) in [5, 5.41) is 2.85. The van der Waals surface area contributed by atoms with Gasteiger partial charge in [-0.3, -0.25) is 4.79 Å². The lowest BCUT2D eigenvalue weighted by atomic mass is 10.3. The van der Waals surface area contributed by atoms with Gasteiger partial charge >= 0.3 is 0 Å². The third kappa shape index (κ3) is 5.22. The number of nitrogens with one attached hydrogen (secondary N) is 1. The number of methoxy groups -OCH3 is 1. The van der Waals surface area contributed by atoms with Crippen LogP contribution in [-0.2, 0) is 16.1 Å². The van der Waals surface area contributed by atoms with Crippen molar-refractivity contribution in [3.05, 3.63) is 24.5 Å². The van der Waals surface area contributed by atoms with Gasteiger partial charge in [-0.2, -0.15) is 0 Å². The number of aryl methyl sites for hydroxylation is 1. The van der Waals surface area contributed by atoms with Gasteiger partial charge in [-0.15, -0.1) is 0 Å². The Balaban J connectivity index is 2.04. The van der Waals surface area contributed by atoms with Crippen molar-refractivity contribution in [3.8, 4) is 0 Å². The second-order valence-corrected chi connectivity index (χ2v) is 3.37. The molecule has 1 aromatic heterocycles. The predicted molar refractivity (Wildman–Crippen MR) is 58.6 cm³/mol. The van der Waals surface area contributed by atoms with Gasteiger partial charge in [0, 0.05) is 45.6 Å². The third-order valence-corrected chi connectivity index (χ3v) is 2.11. The molecule has 4 nitrogen and oxygen atoms in total. The van der Waals surface area contributed by atoms with Crippen molar-refractivity contribution in [1.29, 1.82) is 0 Å². The first-order chi connectivity index (χ1) is 7.33. The van der Waals surface area contributed by atoms with E-state index in [0.717, 1.165) is 13.0 Å². The molecule has 1 heterocycles. The summed E-state index contributed by atoms with van der Waals surface area (Å²) >= 11 is 0. The van der Waals surface area contributed by atoms with E-state index in [4.69, 9.17) is 4.74 Å². The Morgan fingerprint density at radius 1 is 1.40 bits per heavy atom. The van der Waals surface area contributed by atoms with E-state index < -0.39 is 0 Å². The first-order valence-electron chi connectivity index (χ1n) is 5.19. The zero-order valence-corrected chi connectivity index (χ0v) is 9.11. The normalized spacial score (nSPS) is 10.2. The minimum Gasteiger partial charge on any atom is -0.385 e. The highest BCUT2D eigenvalue weighted by Crippen LogP contribution is 1.93. The summed E-state index contributed by atoms with van der Waals surface area (Å²) in [4.78, 5) is 11.3. The number of hydrogen-bond acceptors (Lipinski definition) is 2. The van der Waals surface area contributed by atoms with Crippen molar-refractivity contribution in [2.75, 3.05) is 20.3 Å². The number of nitrogens with zero attached hydrogens (tertiary/aromatic N) is 1. The van der Waals surface area contributed by atoms with Crippen LogP contribution in [-0.4, -0.2) is 30.7 Å². The van der Waals surface area contributed by atoms with Crippen molar-refractivity contribution >= 4 is 5.91 Å². The summed E-state index contributed by atoms with van der Waals surface area (Å²) in [7, 11) is 1.66. The second-order valence-electron chi connectivity index (χ2n) is 3.37. The molecule has 0 unspecified atom stereocenters. The molecule has 0 spiro atoms. The van der Waals surface area contributed by atoms with Crippen LogP contribution in [0.4, 0.5) is 0 Å². The Hall–Kier alpha value is -1.29. The van der Waals surface area contributed by atoms with Crippen molar-refractivity contribution in [2.24, 2.45) is 0 Å². The predicted octanol–water partition coefficient (Wildman–Crippen LogP) is 1.03. The zero-order valence-electron chi connectivity index (χ0n) is 9.11. The van der Waals surface area contributed by atoms with Crippen LogP contribution in [0.25, 0.3) is 0 Å². The van der Waals surface area contributed by atoms with Gasteiger partial charge in [0.1, 0.15) is 0 Å². The van der Waals surface area contributed by atoms with Crippen LogP contribution >= 0.6 is 0 Å². The first kappa shape index (κ1) is 11.8. The number of rotatable bonds is 7. The monoisotopic (exact) mass is 210 g/mol. The average molecular weight is 210 g/mol. The Morgan fingerprint density at radius 3 is 2.80 bits per heavy atom. The number of amides is 1. The molecule has 0 aliphatic rings. The lowest BCUT2D eigenvalue weighted by Gasteiger charge is -2.05. The van der Waals surface area contributed by atoms with E-state index in [0.29, 0.717) is 19.6 Å². The fourth-order valence-corrected chi connectivity index (χ4v) is 1.28. The van der Waals surface area contributed by atoms with Gasteiger partial charge < -0.3 is 14.6 Å². The summed E-state index contributed by atoms with van der Waals surface area (Å²) < 4.78 is 6.88. The Bertz CT molecular complexity index is 270. The van der Waals surface area contributed by atoms with E-state index in [1.807, 2.05) is 29.1 Å². The molecular formula is C11H18N2O2. The summed E-state index contributed by atoms with van der Waals surface area (Å²) in [6, 6.07) is 3.91. The smallest absolute Gasteiger partial charge is 0.221 e. The summed E-state index contributed by atoms with van der Waals surface area (Å²) in [6.45, 7) is 2.12. The molecule has 0 bridgehead atoms. The quantitative estimate of drug-likeness (QED) is 0.683. The SMILES string of the molecule is COCCCNC(=O)CCn1cccc1. The maximum Gasteiger partial charge on any atom is 0.221 e. The molecule has 0 radical (unpaired) electrons. The fraction of sp³-hybridized carbons (Fsp3) is 0.545. The summed E-state index contributed by atoms with van der Waals surface area (Å²) in [5.41, 5.74) is 0. The van der Waals surface area contributed by atoms with Crippen LogP contribution in [0.3, 0.4) is 0 Å². The molecule has 0 aliphatic heterocycles. The molecule has 0 saturated carbocycles. The van der Waals surface area contributed by atoms with Gasteiger partial charge in [0.05, 0.1) is 0 Å². The Labute approximate surface area is 90.2 Å². The van der Waals surface area contributed by atoms with Gasteiger partial charge in [-0.05, 0) is 18.6 Å². The molecule has 1 aromatic rings. The Kier molecular flexibility index (Phi) is 5.55. The van der Waals surface area contributed by atoms with E-state index in [2.05, 4.69) is 5.32 Å². The number of hydrogen-bond donors (Lipinski definition) is 1.